The van der Waals surface area contributed by atoms with Crippen molar-refractivity contribution in [1.82, 2.24) is 4.98 Å². The summed E-state index contributed by atoms with van der Waals surface area (Å²) in [4.78, 5) is 5.73. The van der Waals surface area contributed by atoms with Crippen molar-refractivity contribution in [2.75, 3.05) is 10.3 Å². The molecule has 0 radical (unpaired) electrons. The molecule has 0 saturated carbocycles. The summed E-state index contributed by atoms with van der Waals surface area (Å²) >= 11 is 0. The van der Waals surface area contributed by atoms with Crippen LogP contribution in [-0.4, -0.2) is 11.0 Å². The predicted octanol–water partition coefficient (Wildman–Crippen LogP) is 2.73. The smallest absolute Gasteiger partial charge is 0.178 e. The quantitative estimate of drug-likeness (QED) is 0.654. The van der Waals surface area contributed by atoms with Crippen molar-refractivity contribution in [2.24, 2.45) is 5.84 Å². The Balaban J connectivity index is 2.14. The third-order valence-electron chi connectivity index (χ3n) is 3.48. The SMILES string of the molecule is CC1Cc2ccccc2N1c1nc(NN)c(F)cc1F. The molecular formula is C14H14F2N4. The van der Waals surface area contributed by atoms with E-state index in [4.69, 9.17) is 5.84 Å². The maximum atomic E-state index is 14.1. The summed E-state index contributed by atoms with van der Waals surface area (Å²) in [6.07, 6.45) is 0.792. The first-order valence-electron chi connectivity index (χ1n) is 6.31. The summed E-state index contributed by atoms with van der Waals surface area (Å²) in [5.74, 6) is 3.60. The Morgan fingerprint density at radius 2 is 2.05 bits per heavy atom. The number of hydrazine groups is 1. The molecular weight excluding hydrogens is 262 g/mol. The molecule has 1 aliphatic heterocycles. The normalized spacial score (nSPS) is 17.2. The molecule has 1 aromatic heterocycles. The molecule has 0 aliphatic carbocycles. The van der Waals surface area contributed by atoms with Gasteiger partial charge in [0, 0.05) is 17.8 Å². The van der Waals surface area contributed by atoms with Gasteiger partial charge in [0.05, 0.1) is 0 Å². The fourth-order valence-electron chi connectivity index (χ4n) is 2.62. The minimum absolute atomic E-state index is 0.0467. The van der Waals surface area contributed by atoms with Crippen molar-refractivity contribution < 1.29 is 8.78 Å². The Morgan fingerprint density at radius 3 is 2.80 bits per heavy atom. The van der Waals surface area contributed by atoms with Crippen molar-refractivity contribution in [2.45, 2.75) is 19.4 Å². The van der Waals surface area contributed by atoms with Gasteiger partial charge in [-0.3, -0.25) is 0 Å². The number of halogens is 2. The van der Waals surface area contributed by atoms with E-state index in [0.717, 1.165) is 23.7 Å². The number of anilines is 3. The van der Waals surface area contributed by atoms with Gasteiger partial charge in [0.25, 0.3) is 0 Å². The number of para-hydroxylation sites is 1. The highest BCUT2D eigenvalue weighted by Crippen LogP contribution is 2.38. The average Bonchev–Trinajstić information content (AvgIpc) is 2.75. The van der Waals surface area contributed by atoms with E-state index in [0.29, 0.717) is 0 Å². The standard InChI is InChI=1S/C14H14F2N4/c1-8-6-9-4-2-3-5-12(9)20(8)14-11(16)7-10(15)13(18-14)19-17/h2-5,7-8H,6,17H2,1H3,(H,18,19). The van der Waals surface area contributed by atoms with Crippen molar-refractivity contribution in [3.05, 3.63) is 47.5 Å². The van der Waals surface area contributed by atoms with Gasteiger partial charge in [-0.1, -0.05) is 18.2 Å². The van der Waals surface area contributed by atoms with Gasteiger partial charge in [0.1, 0.15) is 0 Å². The van der Waals surface area contributed by atoms with Gasteiger partial charge in [0.2, 0.25) is 0 Å². The lowest BCUT2D eigenvalue weighted by Crippen LogP contribution is -2.26. The van der Waals surface area contributed by atoms with Crippen molar-refractivity contribution in [3.8, 4) is 0 Å². The summed E-state index contributed by atoms with van der Waals surface area (Å²) in [5, 5.41) is 0. The first-order valence-corrected chi connectivity index (χ1v) is 6.31. The van der Waals surface area contributed by atoms with Crippen molar-refractivity contribution in [1.29, 1.82) is 0 Å². The fourth-order valence-corrected chi connectivity index (χ4v) is 2.62. The van der Waals surface area contributed by atoms with E-state index in [9.17, 15) is 8.78 Å². The monoisotopic (exact) mass is 276 g/mol. The number of hydrogen-bond acceptors (Lipinski definition) is 4. The lowest BCUT2D eigenvalue weighted by Gasteiger charge is -2.24. The number of fused-ring (bicyclic) bond motifs is 1. The van der Waals surface area contributed by atoms with Crippen LogP contribution in [0.4, 0.5) is 26.1 Å². The number of nitrogens with zero attached hydrogens (tertiary/aromatic N) is 2. The molecule has 20 heavy (non-hydrogen) atoms. The maximum Gasteiger partial charge on any atom is 0.178 e. The molecule has 2 aromatic rings. The van der Waals surface area contributed by atoms with Crippen LogP contribution in [0.25, 0.3) is 0 Å². The lowest BCUT2D eigenvalue weighted by molar-refractivity contribution is 0.570. The molecule has 3 N–H and O–H groups in total. The second-order valence-electron chi connectivity index (χ2n) is 4.82. The summed E-state index contributed by atoms with van der Waals surface area (Å²) < 4.78 is 27.5. The van der Waals surface area contributed by atoms with Gasteiger partial charge in [0.15, 0.2) is 23.3 Å². The van der Waals surface area contributed by atoms with Gasteiger partial charge in [-0.15, -0.1) is 0 Å². The number of nitrogens with one attached hydrogen (secondary N) is 1. The molecule has 0 bridgehead atoms. The first-order chi connectivity index (χ1) is 9.61. The summed E-state index contributed by atoms with van der Waals surface area (Å²) in [7, 11) is 0. The number of rotatable bonds is 2. The second-order valence-corrected chi connectivity index (χ2v) is 4.82. The van der Waals surface area contributed by atoms with Crippen molar-refractivity contribution >= 4 is 17.3 Å². The molecule has 0 saturated heterocycles. The predicted molar refractivity (Wildman–Crippen MR) is 73.7 cm³/mol. The number of nitrogens with two attached hydrogens (primary N) is 1. The third kappa shape index (κ3) is 1.89. The Hall–Kier alpha value is -2.21. The Morgan fingerprint density at radius 1 is 1.30 bits per heavy atom. The summed E-state index contributed by atoms with van der Waals surface area (Å²) in [6.45, 7) is 1.97. The van der Waals surface area contributed by atoms with Crippen LogP contribution in [0.2, 0.25) is 0 Å². The Kier molecular flexibility index (Phi) is 3.02. The lowest BCUT2D eigenvalue weighted by atomic mass is 10.1. The molecule has 0 amide bonds. The second kappa shape index (κ2) is 4.72. The van der Waals surface area contributed by atoms with E-state index in [-0.39, 0.29) is 17.7 Å². The van der Waals surface area contributed by atoms with Crippen LogP contribution in [0.1, 0.15) is 12.5 Å². The molecule has 4 nitrogen and oxygen atoms in total. The maximum absolute atomic E-state index is 14.1. The fraction of sp³-hybridized carbons (Fsp3) is 0.214. The zero-order valence-electron chi connectivity index (χ0n) is 10.9. The van der Waals surface area contributed by atoms with E-state index >= 15 is 0 Å². The van der Waals surface area contributed by atoms with Crippen LogP contribution in [0.3, 0.4) is 0 Å². The van der Waals surface area contributed by atoms with Crippen LogP contribution >= 0.6 is 0 Å². The van der Waals surface area contributed by atoms with Gasteiger partial charge in [-0.25, -0.2) is 19.6 Å². The van der Waals surface area contributed by atoms with Crippen LogP contribution in [0, 0.1) is 11.6 Å². The van der Waals surface area contributed by atoms with E-state index in [1.165, 1.54) is 0 Å². The topological polar surface area (TPSA) is 54.2 Å². The Labute approximate surface area is 115 Å². The average molecular weight is 276 g/mol. The Bertz CT molecular complexity index is 660. The van der Waals surface area contributed by atoms with Crippen LogP contribution in [0.15, 0.2) is 30.3 Å². The number of pyridine rings is 1. The summed E-state index contributed by atoms with van der Waals surface area (Å²) in [6, 6.07) is 8.56. The zero-order valence-corrected chi connectivity index (χ0v) is 10.9. The third-order valence-corrected chi connectivity index (χ3v) is 3.48. The van der Waals surface area contributed by atoms with Crippen LogP contribution < -0.4 is 16.2 Å². The van der Waals surface area contributed by atoms with E-state index in [1.54, 1.807) is 4.90 Å². The number of nitrogen functional groups attached to an aromatic ring is 1. The molecule has 1 aromatic carbocycles. The highest BCUT2D eigenvalue weighted by atomic mass is 19.1. The van der Waals surface area contributed by atoms with Crippen molar-refractivity contribution in [3.63, 3.8) is 0 Å². The van der Waals surface area contributed by atoms with E-state index < -0.39 is 11.6 Å². The number of aromatic nitrogens is 1. The molecule has 6 heteroatoms. The highest BCUT2D eigenvalue weighted by Gasteiger charge is 2.30. The van der Waals surface area contributed by atoms with Gasteiger partial charge in [-0.05, 0) is 25.0 Å². The zero-order chi connectivity index (χ0) is 14.3. The molecule has 104 valence electrons. The number of benzene rings is 1. The molecule has 1 aliphatic rings. The number of hydrogen-bond donors (Lipinski definition) is 2. The minimum Gasteiger partial charge on any atom is -0.320 e. The molecule has 2 heterocycles. The van der Waals surface area contributed by atoms with Gasteiger partial charge in [-0.2, -0.15) is 0 Å². The van der Waals surface area contributed by atoms with E-state index in [2.05, 4.69) is 10.4 Å². The molecule has 3 rings (SSSR count). The minimum atomic E-state index is -0.811. The van der Waals surface area contributed by atoms with Crippen LogP contribution in [0.5, 0.6) is 0 Å². The summed E-state index contributed by atoms with van der Waals surface area (Å²) in [5.41, 5.74) is 4.15. The molecule has 1 unspecified atom stereocenters. The van der Waals surface area contributed by atoms with Gasteiger partial charge < -0.3 is 10.3 Å². The first kappa shape index (κ1) is 12.8. The molecule has 0 fully saturated rings. The molecule has 1 atom stereocenters. The van der Waals surface area contributed by atoms with Crippen LogP contribution in [-0.2, 0) is 6.42 Å². The highest BCUT2D eigenvalue weighted by molar-refractivity contribution is 5.70. The van der Waals surface area contributed by atoms with Gasteiger partial charge >= 0.3 is 0 Å². The molecule has 0 spiro atoms. The largest absolute Gasteiger partial charge is 0.320 e. The van der Waals surface area contributed by atoms with E-state index in [1.807, 2.05) is 31.2 Å².